The van der Waals surface area contributed by atoms with Crippen LogP contribution >= 0.6 is 0 Å². The van der Waals surface area contributed by atoms with E-state index in [1.54, 1.807) is 11.0 Å². The van der Waals surface area contributed by atoms with Crippen molar-refractivity contribution in [2.24, 2.45) is 0 Å². The van der Waals surface area contributed by atoms with E-state index in [-0.39, 0.29) is 5.91 Å². The molecule has 1 aliphatic heterocycles. The van der Waals surface area contributed by atoms with Crippen molar-refractivity contribution in [3.63, 3.8) is 0 Å². The van der Waals surface area contributed by atoms with Crippen LogP contribution in [0.1, 0.15) is 55.3 Å². The Morgan fingerprint density at radius 1 is 1.13 bits per heavy atom. The van der Waals surface area contributed by atoms with Gasteiger partial charge in [-0.15, -0.1) is 0 Å². The SMILES string of the molecule is Nc1cc(C(=O)N2CCC(F)CC2)ccc1NC1CCCCC1. The molecule has 1 saturated carbocycles. The third kappa shape index (κ3) is 3.95. The zero-order chi connectivity index (χ0) is 16.2. The molecule has 2 aliphatic rings. The van der Waals surface area contributed by atoms with Gasteiger partial charge in [-0.3, -0.25) is 4.79 Å². The van der Waals surface area contributed by atoms with Crippen LogP contribution in [-0.4, -0.2) is 36.1 Å². The lowest BCUT2D eigenvalue weighted by Gasteiger charge is -2.29. The van der Waals surface area contributed by atoms with E-state index in [1.165, 1.54) is 32.1 Å². The third-order valence-electron chi connectivity index (χ3n) is 4.98. The Hall–Kier alpha value is -1.78. The number of halogens is 1. The summed E-state index contributed by atoms with van der Waals surface area (Å²) in [5, 5.41) is 3.50. The van der Waals surface area contributed by atoms with Crippen LogP contribution < -0.4 is 11.1 Å². The average molecular weight is 319 g/mol. The van der Waals surface area contributed by atoms with Crippen molar-refractivity contribution in [1.29, 1.82) is 0 Å². The highest BCUT2D eigenvalue weighted by molar-refractivity contribution is 5.96. The quantitative estimate of drug-likeness (QED) is 0.837. The van der Waals surface area contributed by atoms with Crippen LogP contribution in [0.3, 0.4) is 0 Å². The second-order valence-corrected chi connectivity index (χ2v) is 6.75. The number of nitrogens with zero attached hydrogens (tertiary/aromatic N) is 1. The van der Waals surface area contributed by atoms with E-state index < -0.39 is 6.17 Å². The topological polar surface area (TPSA) is 58.4 Å². The lowest BCUT2D eigenvalue weighted by Crippen LogP contribution is -2.39. The molecule has 1 aromatic carbocycles. The maximum absolute atomic E-state index is 13.2. The van der Waals surface area contributed by atoms with Crippen molar-refractivity contribution in [2.75, 3.05) is 24.1 Å². The minimum absolute atomic E-state index is 0.0483. The van der Waals surface area contributed by atoms with Gasteiger partial charge in [0.05, 0.1) is 11.4 Å². The van der Waals surface area contributed by atoms with E-state index in [2.05, 4.69) is 5.32 Å². The van der Waals surface area contributed by atoms with Crippen molar-refractivity contribution in [2.45, 2.75) is 57.2 Å². The highest BCUT2D eigenvalue weighted by atomic mass is 19.1. The predicted molar refractivity (Wildman–Crippen MR) is 91.4 cm³/mol. The van der Waals surface area contributed by atoms with Gasteiger partial charge in [0.1, 0.15) is 6.17 Å². The Morgan fingerprint density at radius 3 is 2.48 bits per heavy atom. The zero-order valence-electron chi connectivity index (χ0n) is 13.6. The van der Waals surface area contributed by atoms with Crippen molar-refractivity contribution in [3.8, 4) is 0 Å². The van der Waals surface area contributed by atoms with E-state index in [9.17, 15) is 9.18 Å². The van der Waals surface area contributed by atoms with Gasteiger partial charge in [0.2, 0.25) is 0 Å². The van der Waals surface area contributed by atoms with Crippen molar-refractivity contribution >= 4 is 17.3 Å². The lowest BCUT2D eigenvalue weighted by atomic mass is 9.95. The lowest BCUT2D eigenvalue weighted by molar-refractivity contribution is 0.0667. The van der Waals surface area contributed by atoms with Crippen LogP contribution in [0.15, 0.2) is 18.2 Å². The molecule has 4 nitrogen and oxygen atoms in total. The third-order valence-corrected chi connectivity index (χ3v) is 4.98. The number of hydrogen-bond donors (Lipinski definition) is 2. The van der Waals surface area contributed by atoms with Gasteiger partial charge in [0.15, 0.2) is 0 Å². The Balaban J connectivity index is 1.65. The number of benzene rings is 1. The largest absolute Gasteiger partial charge is 0.397 e. The molecule has 0 unspecified atom stereocenters. The summed E-state index contributed by atoms with van der Waals surface area (Å²) in [6, 6.07) is 5.95. The van der Waals surface area contributed by atoms with Crippen LogP contribution in [0.4, 0.5) is 15.8 Å². The summed E-state index contributed by atoms with van der Waals surface area (Å²) in [6.07, 6.45) is 6.29. The molecule has 0 spiro atoms. The molecule has 1 amide bonds. The van der Waals surface area contributed by atoms with Gasteiger partial charge >= 0.3 is 0 Å². The Labute approximate surface area is 137 Å². The first kappa shape index (κ1) is 16.1. The average Bonchev–Trinajstić information content (AvgIpc) is 2.58. The summed E-state index contributed by atoms with van der Waals surface area (Å²) in [5.41, 5.74) is 8.25. The fraction of sp³-hybridized carbons (Fsp3) is 0.611. The predicted octanol–water partition coefficient (Wildman–Crippen LogP) is 3.59. The highest BCUT2D eigenvalue weighted by Crippen LogP contribution is 2.26. The molecule has 0 bridgehead atoms. The number of likely N-dealkylation sites (tertiary alicyclic amines) is 1. The van der Waals surface area contributed by atoms with Gasteiger partial charge in [-0.25, -0.2) is 4.39 Å². The first-order chi connectivity index (χ1) is 11.1. The van der Waals surface area contributed by atoms with Gasteiger partial charge in [0, 0.05) is 24.7 Å². The second kappa shape index (κ2) is 7.20. The second-order valence-electron chi connectivity index (χ2n) is 6.75. The van der Waals surface area contributed by atoms with E-state index >= 15 is 0 Å². The summed E-state index contributed by atoms with van der Waals surface area (Å²) < 4.78 is 13.2. The molecule has 126 valence electrons. The number of nitrogen functional groups attached to an aromatic ring is 1. The van der Waals surface area contributed by atoms with Crippen LogP contribution in [0, 0.1) is 0 Å². The maximum atomic E-state index is 13.2. The molecule has 5 heteroatoms. The summed E-state index contributed by atoms with van der Waals surface area (Å²) in [4.78, 5) is 14.2. The van der Waals surface area contributed by atoms with Gasteiger partial charge in [-0.1, -0.05) is 19.3 Å². The summed E-state index contributed by atoms with van der Waals surface area (Å²) in [7, 11) is 0. The number of alkyl halides is 1. The van der Waals surface area contributed by atoms with Crippen LogP contribution in [0.5, 0.6) is 0 Å². The standard InChI is InChI=1S/C18H26FN3O/c19-14-8-10-22(11-9-14)18(23)13-6-7-17(16(20)12-13)21-15-4-2-1-3-5-15/h6-7,12,14-15,21H,1-5,8-11,20H2. The number of nitrogens with one attached hydrogen (secondary N) is 1. The minimum atomic E-state index is -0.772. The molecule has 0 aromatic heterocycles. The van der Waals surface area contributed by atoms with Crippen LogP contribution in [0.25, 0.3) is 0 Å². The molecule has 2 fully saturated rings. The number of piperidine rings is 1. The number of anilines is 2. The number of hydrogen-bond acceptors (Lipinski definition) is 3. The first-order valence-electron chi connectivity index (χ1n) is 8.73. The maximum Gasteiger partial charge on any atom is 0.253 e. The molecule has 0 atom stereocenters. The van der Waals surface area contributed by atoms with E-state index in [1.807, 2.05) is 12.1 Å². The van der Waals surface area contributed by atoms with Gasteiger partial charge in [-0.2, -0.15) is 0 Å². The minimum Gasteiger partial charge on any atom is -0.397 e. The monoisotopic (exact) mass is 319 g/mol. The fourth-order valence-corrected chi connectivity index (χ4v) is 3.53. The van der Waals surface area contributed by atoms with Crippen LogP contribution in [0.2, 0.25) is 0 Å². The summed E-state index contributed by atoms with van der Waals surface area (Å²) in [6.45, 7) is 0.976. The fourth-order valence-electron chi connectivity index (χ4n) is 3.53. The molecule has 1 aromatic rings. The molecular weight excluding hydrogens is 293 g/mol. The Morgan fingerprint density at radius 2 is 1.83 bits per heavy atom. The van der Waals surface area contributed by atoms with Gasteiger partial charge < -0.3 is 16.0 Å². The zero-order valence-corrected chi connectivity index (χ0v) is 13.6. The summed E-state index contributed by atoms with van der Waals surface area (Å²) in [5.74, 6) is -0.0483. The van der Waals surface area contributed by atoms with E-state index in [4.69, 9.17) is 5.73 Å². The molecule has 1 heterocycles. The molecule has 3 rings (SSSR count). The van der Waals surface area contributed by atoms with Crippen molar-refractivity contribution in [3.05, 3.63) is 23.8 Å². The number of nitrogens with two attached hydrogens (primary N) is 1. The highest BCUT2D eigenvalue weighted by Gasteiger charge is 2.23. The molecule has 0 radical (unpaired) electrons. The van der Waals surface area contributed by atoms with Crippen LogP contribution in [-0.2, 0) is 0 Å². The number of carbonyl (C=O) groups excluding carboxylic acids is 1. The number of rotatable bonds is 3. The first-order valence-corrected chi connectivity index (χ1v) is 8.73. The van der Waals surface area contributed by atoms with Gasteiger partial charge in [-0.05, 0) is 43.9 Å². The van der Waals surface area contributed by atoms with E-state index in [0.29, 0.717) is 43.2 Å². The van der Waals surface area contributed by atoms with Gasteiger partial charge in [0.25, 0.3) is 5.91 Å². The summed E-state index contributed by atoms with van der Waals surface area (Å²) >= 11 is 0. The molecule has 3 N–H and O–H groups in total. The number of carbonyl (C=O) groups is 1. The number of amides is 1. The smallest absolute Gasteiger partial charge is 0.253 e. The van der Waals surface area contributed by atoms with Crippen molar-refractivity contribution < 1.29 is 9.18 Å². The molecule has 1 saturated heterocycles. The van der Waals surface area contributed by atoms with E-state index in [0.717, 1.165) is 5.69 Å². The van der Waals surface area contributed by atoms with Crippen molar-refractivity contribution in [1.82, 2.24) is 4.90 Å². The molecule has 23 heavy (non-hydrogen) atoms. The normalized spacial score (nSPS) is 20.5. The molecular formula is C18H26FN3O. The molecule has 1 aliphatic carbocycles. The Bertz CT molecular complexity index is 549. The Kier molecular flexibility index (Phi) is 5.03.